The molecule has 0 aliphatic heterocycles. The second-order valence-electron chi connectivity index (χ2n) is 8.53. The SMILES string of the molecule is CC1Cc2ccc3ccccc3c2C1=C1c2ccccc2CCc2ccccc21. The van der Waals surface area contributed by atoms with Gasteiger partial charge in [0.15, 0.2) is 0 Å². The second-order valence-corrected chi connectivity index (χ2v) is 8.53. The van der Waals surface area contributed by atoms with Crippen molar-refractivity contribution in [3.05, 3.63) is 118 Å². The molecule has 0 radical (unpaired) electrons. The Morgan fingerprint density at radius 2 is 1.24 bits per heavy atom. The van der Waals surface area contributed by atoms with E-state index in [2.05, 4.69) is 91.9 Å². The summed E-state index contributed by atoms with van der Waals surface area (Å²) in [6, 6.07) is 31.7. The summed E-state index contributed by atoms with van der Waals surface area (Å²) in [6.45, 7) is 2.41. The van der Waals surface area contributed by atoms with Crippen molar-refractivity contribution in [3.8, 4) is 0 Å². The maximum atomic E-state index is 2.41. The number of fused-ring (bicyclic) bond motifs is 5. The Kier molecular flexibility index (Phi) is 3.74. The molecule has 0 bridgehead atoms. The molecule has 140 valence electrons. The van der Waals surface area contributed by atoms with E-state index in [0.29, 0.717) is 5.92 Å². The summed E-state index contributed by atoms with van der Waals surface area (Å²) in [7, 11) is 0. The van der Waals surface area contributed by atoms with E-state index in [0.717, 1.165) is 19.3 Å². The number of hydrogen-bond acceptors (Lipinski definition) is 0. The molecular weight excluding hydrogens is 348 g/mol. The fourth-order valence-electron chi connectivity index (χ4n) is 5.52. The second kappa shape index (κ2) is 6.46. The molecule has 0 spiro atoms. The van der Waals surface area contributed by atoms with E-state index in [-0.39, 0.29) is 0 Å². The highest BCUT2D eigenvalue weighted by atomic mass is 14.3. The van der Waals surface area contributed by atoms with Crippen LogP contribution in [-0.4, -0.2) is 0 Å². The average molecular weight is 373 g/mol. The van der Waals surface area contributed by atoms with Gasteiger partial charge in [0.1, 0.15) is 0 Å². The lowest BCUT2D eigenvalue weighted by atomic mass is 9.84. The smallest absolute Gasteiger partial charge is 0.00647 e. The van der Waals surface area contributed by atoms with Crippen LogP contribution in [0.4, 0.5) is 0 Å². The Hall–Kier alpha value is -3.12. The van der Waals surface area contributed by atoms with Crippen molar-refractivity contribution in [3.63, 3.8) is 0 Å². The van der Waals surface area contributed by atoms with Crippen LogP contribution in [0.25, 0.3) is 21.9 Å². The van der Waals surface area contributed by atoms with E-state index in [1.807, 2.05) is 0 Å². The summed E-state index contributed by atoms with van der Waals surface area (Å²) in [5, 5.41) is 2.74. The van der Waals surface area contributed by atoms with Gasteiger partial charge < -0.3 is 0 Å². The topological polar surface area (TPSA) is 0 Å². The average Bonchev–Trinajstić information content (AvgIpc) is 3.01. The summed E-state index contributed by atoms with van der Waals surface area (Å²) in [6.07, 6.45) is 3.35. The van der Waals surface area contributed by atoms with Gasteiger partial charge in [-0.2, -0.15) is 0 Å². The molecule has 4 aromatic carbocycles. The minimum absolute atomic E-state index is 0.519. The third-order valence-corrected chi connectivity index (χ3v) is 6.81. The van der Waals surface area contributed by atoms with Gasteiger partial charge in [-0.3, -0.25) is 0 Å². The van der Waals surface area contributed by atoms with Gasteiger partial charge in [0, 0.05) is 0 Å². The van der Waals surface area contributed by atoms with Gasteiger partial charge >= 0.3 is 0 Å². The van der Waals surface area contributed by atoms with Crippen molar-refractivity contribution >= 4 is 21.9 Å². The molecule has 0 amide bonds. The highest BCUT2D eigenvalue weighted by molar-refractivity contribution is 6.08. The molecule has 0 nitrogen and oxygen atoms in total. The third kappa shape index (κ3) is 2.52. The number of allylic oxidation sites excluding steroid dienone is 1. The van der Waals surface area contributed by atoms with Crippen LogP contribution >= 0.6 is 0 Å². The minimum atomic E-state index is 0.519. The Morgan fingerprint density at radius 3 is 1.97 bits per heavy atom. The van der Waals surface area contributed by atoms with Crippen molar-refractivity contribution in [2.45, 2.75) is 26.2 Å². The molecule has 0 saturated carbocycles. The largest absolute Gasteiger partial charge is 0.0620 e. The normalized spacial score (nSPS) is 17.6. The van der Waals surface area contributed by atoms with Crippen molar-refractivity contribution < 1.29 is 0 Å². The number of aryl methyl sites for hydroxylation is 2. The maximum absolute atomic E-state index is 2.41. The summed E-state index contributed by atoms with van der Waals surface area (Å²) in [4.78, 5) is 0. The molecule has 2 aliphatic carbocycles. The highest BCUT2D eigenvalue weighted by Crippen LogP contribution is 2.48. The highest BCUT2D eigenvalue weighted by Gasteiger charge is 2.31. The van der Waals surface area contributed by atoms with Gasteiger partial charge in [0.2, 0.25) is 0 Å². The van der Waals surface area contributed by atoms with E-state index in [1.165, 1.54) is 49.7 Å². The Labute approximate surface area is 172 Å². The molecular formula is C29H24. The fraction of sp³-hybridized carbons (Fsp3) is 0.172. The lowest BCUT2D eigenvalue weighted by Gasteiger charge is -2.20. The van der Waals surface area contributed by atoms with Crippen LogP contribution in [0.2, 0.25) is 0 Å². The van der Waals surface area contributed by atoms with Crippen LogP contribution in [0.3, 0.4) is 0 Å². The van der Waals surface area contributed by atoms with E-state index in [4.69, 9.17) is 0 Å². The van der Waals surface area contributed by atoms with Crippen molar-refractivity contribution in [1.82, 2.24) is 0 Å². The molecule has 29 heavy (non-hydrogen) atoms. The van der Waals surface area contributed by atoms with E-state index in [1.54, 1.807) is 5.57 Å². The summed E-state index contributed by atoms with van der Waals surface area (Å²) < 4.78 is 0. The molecule has 0 saturated heterocycles. The quantitative estimate of drug-likeness (QED) is 0.309. The summed E-state index contributed by atoms with van der Waals surface area (Å²) in [5.74, 6) is 0.519. The monoisotopic (exact) mass is 372 g/mol. The molecule has 6 rings (SSSR count). The zero-order chi connectivity index (χ0) is 19.4. The molecule has 0 heteroatoms. The van der Waals surface area contributed by atoms with Gasteiger partial charge in [-0.1, -0.05) is 91.9 Å². The summed E-state index contributed by atoms with van der Waals surface area (Å²) >= 11 is 0. The number of rotatable bonds is 0. The number of hydrogen-bond donors (Lipinski definition) is 0. The Bertz CT molecular complexity index is 1240. The summed E-state index contributed by atoms with van der Waals surface area (Å²) in [5.41, 5.74) is 11.8. The molecule has 1 atom stereocenters. The van der Waals surface area contributed by atoms with Gasteiger partial charge in [0.25, 0.3) is 0 Å². The number of benzene rings is 4. The lowest BCUT2D eigenvalue weighted by Crippen LogP contribution is -2.01. The van der Waals surface area contributed by atoms with Gasteiger partial charge in [-0.05, 0) is 80.5 Å². The Balaban J connectivity index is 1.78. The Morgan fingerprint density at radius 1 is 0.621 bits per heavy atom. The van der Waals surface area contributed by atoms with Crippen LogP contribution in [0.1, 0.15) is 40.3 Å². The zero-order valence-electron chi connectivity index (χ0n) is 16.8. The van der Waals surface area contributed by atoms with Crippen molar-refractivity contribution in [1.29, 1.82) is 0 Å². The van der Waals surface area contributed by atoms with Crippen LogP contribution in [-0.2, 0) is 19.3 Å². The van der Waals surface area contributed by atoms with Gasteiger partial charge in [-0.25, -0.2) is 0 Å². The van der Waals surface area contributed by atoms with Gasteiger partial charge in [-0.15, -0.1) is 0 Å². The molecule has 2 aliphatic rings. The van der Waals surface area contributed by atoms with Crippen molar-refractivity contribution in [2.75, 3.05) is 0 Å². The van der Waals surface area contributed by atoms with Crippen LogP contribution in [0.5, 0.6) is 0 Å². The third-order valence-electron chi connectivity index (χ3n) is 6.81. The fourth-order valence-corrected chi connectivity index (χ4v) is 5.52. The predicted octanol–water partition coefficient (Wildman–Crippen LogP) is 7.09. The van der Waals surface area contributed by atoms with Gasteiger partial charge in [0.05, 0.1) is 0 Å². The minimum Gasteiger partial charge on any atom is -0.0620 e. The van der Waals surface area contributed by atoms with Crippen molar-refractivity contribution in [2.24, 2.45) is 5.92 Å². The predicted molar refractivity (Wildman–Crippen MR) is 123 cm³/mol. The van der Waals surface area contributed by atoms with E-state index in [9.17, 15) is 0 Å². The molecule has 0 fully saturated rings. The first-order valence-electron chi connectivity index (χ1n) is 10.7. The molecule has 1 unspecified atom stereocenters. The van der Waals surface area contributed by atoms with Crippen LogP contribution < -0.4 is 0 Å². The van der Waals surface area contributed by atoms with Crippen LogP contribution in [0, 0.1) is 5.92 Å². The standard InChI is InChI=1S/C29H24/c1-19-18-23-17-16-20-8-2-5-11-24(20)28(23)27(19)29-25-12-6-3-9-21(25)14-15-22-10-4-7-13-26(22)29/h2-13,16-17,19H,14-15,18H2,1H3. The van der Waals surface area contributed by atoms with Crippen LogP contribution in [0.15, 0.2) is 84.9 Å². The molecule has 0 N–H and O–H groups in total. The van der Waals surface area contributed by atoms with E-state index < -0.39 is 0 Å². The molecule has 0 heterocycles. The zero-order valence-corrected chi connectivity index (χ0v) is 16.8. The lowest BCUT2D eigenvalue weighted by molar-refractivity contribution is 0.781. The van der Waals surface area contributed by atoms with E-state index >= 15 is 0 Å². The molecule has 4 aromatic rings. The first-order chi connectivity index (χ1) is 14.3. The molecule has 0 aromatic heterocycles. The first-order valence-corrected chi connectivity index (χ1v) is 10.7. The maximum Gasteiger partial charge on any atom is -0.00647 e. The first kappa shape index (κ1) is 16.8.